The molecule has 0 bridgehead atoms. The van der Waals surface area contributed by atoms with E-state index >= 15 is 0 Å². The van der Waals surface area contributed by atoms with Gasteiger partial charge in [0.25, 0.3) is 0 Å². The molecule has 2 aromatic heterocycles. The second kappa shape index (κ2) is 13.5. The van der Waals surface area contributed by atoms with Gasteiger partial charge in [-0.3, -0.25) is 0 Å². The van der Waals surface area contributed by atoms with E-state index in [1.54, 1.807) is 0 Å². The summed E-state index contributed by atoms with van der Waals surface area (Å²) in [6, 6.07) is 5.26. The number of hydrogen-bond acceptors (Lipinski definition) is 8. The number of nitrogens with one attached hydrogen (secondary N) is 3. The average Bonchev–Trinajstić information content (AvgIpc) is 3.44. The lowest BCUT2D eigenvalue weighted by Gasteiger charge is -2.16. The summed E-state index contributed by atoms with van der Waals surface area (Å²) in [6.45, 7) is 2.82. The number of carboxylic acid groups (broad SMARTS) is 1. The Hall–Kier alpha value is -3.92. The Morgan fingerprint density at radius 2 is 1.97 bits per heavy atom. The van der Waals surface area contributed by atoms with E-state index < -0.39 is 30.2 Å². The summed E-state index contributed by atoms with van der Waals surface area (Å²) in [5.74, 6) is -1.25. The number of rotatable bonds is 7. The average molecular weight is 460 g/mol. The number of carbonyl (C=O) groups excluding carboxylic acids is 1. The number of carboxylic acids is 1. The van der Waals surface area contributed by atoms with Crippen molar-refractivity contribution >= 4 is 22.9 Å². The molecule has 2 heterocycles. The van der Waals surface area contributed by atoms with Crippen molar-refractivity contribution in [3.8, 4) is 12.8 Å². The minimum absolute atomic E-state index is 0.0352. The fourth-order valence-electron chi connectivity index (χ4n) is 2.53. The Balaban J connectivity index is 0.000000373. The Morgan fingerprint density at radius 3 is 2.55 bits per heavy atom. The molecule has 0 saturated carbocycles. The zero-order chi connectivity index (χ0) is 25.0. The molecule has 8 N–H and O–H groups in total. The number of aryl methyl sites for hydroxylation is 1. The van der Waals surface area contributed by atoms with Gasteiger partial charge in [0.1, 0.15) is 0 Å². The van der Waals surface area contributed by atoms with Crippen LogP contribution in [0.15, 0.2) is 35.0 Å². The summed E-state index contributed by atoms with van der Waals surface area (Å²) in [4.78, 5) is 29.3. The van der Waals surface area contributed by atoms with Gasteiger partial charge in [-0.1, -0.05) is 23.4 Å². The van der Waals surface area contributed by atoms with Gasteiger partial charge in [0, 0.05) is 17.1 Å². The van der Waals surface area contributed by atoms with Gasteiger partial charge in [-0.05, 0) is 25.5 Å². The highest BCUT2D eigenvalue weighted by atomic mass is 16.5. The van der Waals surface area contributed by atoms with Crippen LogP contribution in [0.4, 0.5) is 4.79 Å². The van der Waals surface area contributed by atoms with Crippen LogP contribution in [0.5, 0.6) is 0 Å². The number of terminal acetylenes is 1. The minimum atomic E-state index is -1.44. The molecule has 3 rings (SSSR count). The molecule has 2 amide bonds. The van der Waals surface area contributed by atoms with Gasteiger partial charge in [-0.25, -0.2) is 9.59 Å². The molecule has 178 valence electrons. The van der Waals surface area contributed by atoms with Crippen LogP contribution in [-0.4, -0.2) is 61.2 Å². The van der Waals surface area contributed by atoms with Crippen LogP contribution >= 0.6 is 0 Å². The SMILES string of the molecule is C#C.CC(O)C(NC(=O)NCc1nc([C@@H](N)CO)no1)C(=O)O.Cc1c[nH]c2ccccc12. The Bertz CT molecular complexity index is 1040. The van der Waals surface area contributed by atoms with Crippen molar-refractivity contribution in [1.82, 2.24) is 25.8 Å². The summed E-state index contributed by atoms with van der Waals surface area (Å²) in [5, 5.41) is 36.0. The van der Waals surface area contributed by atoms with Crippen molar-refractivity contribution in [2.24, 2.45) is 5.73 Å². The van der Waals surface area contributed by atoms with Gasteiger partial charge in [-0.2, -0.15) is 4.98 Å². The lowest BCUT2D eigenvalue weighted by atomic mass is 10.2. The highest BCUT2D eigenvalue weighted by Gasteiger charge is 2.25. The molecule has 33 heavy (non-hydrogen) atoms. The summed E-state index contributed by atoms with van der Waals surface area (Å²) in [5.41, 5.74) is 8.01. The summed E-state index contributed by atoms with van der Waals surface area (Å²) in [7, 11) is 0. The van der Waals surface area contributed by atoms with Crippen LogP contribution < -0.4 is 16.4 Å². The van der Waals surface area contributed by atoms with E-state index in [0.29, 0.717) is 0 Å². The van der Waals surface area contributed by atoms with Crippen LogP contribution in [-0.2, 0) is 11.3 Å². The normalized spacial score (nSPS) is 12.8. The predicted molar refractivity (Wildman–Crippen MR) is 120 cm³/mol. The standard InChI is InChI=1S/C10H17N5O6.C9H9N.C2H2/c1-4(17)7(9(18)19)14-10(20)12-2-6-13-8(15-21-6)5(11)3-16;1-7-6-10-9-5-3-2-4-8(7)9;1-2/h4-5,7,16-17H,2-3,11H2,1H3,(H,18,19)(H2,12,14,20);2-6,10H,1H3;1-2H/t4?,5-,7?;;/m0../s1. The number of aromatic nitrogens is 3. The maximum absolute atomic E-state index is 11.5. The highest BCUT2D eigenvalue weighted by Crippen LogP contribution is 2.15. The van der Waals surface area contributed by atoms with Gasteiger partial charge in [0.2, 0.25) is 5.89 Å². The second-order valence-corrected chi connectivity index (χ2v) is 6.74. The molecule has 3 atom stereocenters. The van der Waals surface area contributed by atoms with Crippen molar-refractivity contribution in [2.75, 3.05) is 6.61 Å². The number of hydrogen-bond donors (Lipinski definition) is 7. The summed E-state index contributed by atoms with van der Waals surface area (Å²) < 4.78 is 4.78. The molecular formula is C21H28N6O6. The number of nitrogens with two attached hydrogens (primary N) is 1. The molecule has 12 heteroatoms. The van der Waals surface area contributed by atoms with Gasteiger partial charge < -0.3 is 41.2 Å². The monoisotopic (exact) mass is 460 g/mol. The number of para-hydroxylation sites is 1. The lowest BCUT2D eigenvalue weighted by molar-refractivity contribution is -0.141. The molecule has 0 spiro atoms. The number of aliphatic carboxylic acids is 1. The number of H-pyrrole nitrogens is 1. The quantitative estimate of drug-likeness (QED) is 0.244. The van der Waals surface area contributed by atoms with E-state index in [2.05, 4.69) is 63.7 Å². The van der Waals surface area contributed by atoms with Crippen molar-refractivity contribution in [2.45, 2.75) is 38.6 Å². The number of carbonyl (C=O) groups is 2. The van der Waals surface area contributed by atoms with Crippen LogP contribution in [0.25, 0.3) is 10.9 Å². The topological polar surface area (TPSA) is 200 Å². The van der Waals surface area contributed by atoms with E-state index in [1.165, 1.54) is 23.4 Å². The zero-order valence-corrected chi connectivity index (χ0v) is 18.2. The van der Waals surface area contributed by atoms with Crippen molar-refractivity contribution < 1.29 is 29.4 Å². The first-order valence-electron chi connectivity index (χ1n) is 9.73. The zero-order valence-electron chi connectivity index (χ0n) is 18.2. The predicted octanol–water partition coefficient (Wildman–Crippen LogP) is 0.421. The van der Waals surface area contributed by atoms with Crippen LogP contribution in [0, 0.1) is 19.8 Å². The first-order valence-corrected chi connectivity index (χ1v) is 9.73. The third kappa shape index (κ3) is 8.26. The maximum Gasteiger partial charge on any atom is 0.328 e. The van der Waals surface area contributed by atoms with Crippen LogP contribution in [0.1, 0.15) is 30.2 Å². The molecule has 1 aromatic carbocycles. The first-order chi connectivity index (χ1) is 15.7. The fraction of sp³-hybridized carbons (Fsp3) is 0.333. The number of aromatic amines is 1. The molecule has 3 aromatic rings. The number of urea groups is 1. The molecule has 0 aliphatic rings. The third-order valence-corrected chi connectivity index (χ3v) is 4.24. The number of amides is 2. The molecule has 0 saturated heterocycles. The highest BCUT2D eigenvalue weighted by molar-refractivity contribution is 5.83. The van der Waals surface area contributed by atoms with E-state index in [4.69, 9.17) is 20.5 Å². The molecule has 2 unspecified atom stereocenters. The maximum atomic E-state index is 11.5. The number of aliphatic hydroxyl groups is 2. The molecule has 0 radical (unpaired) electrons. The number of fused-ring (bicyclic) bond motifs is 1. The largest absolute Gasteiger partial charge is 0.480 e. The lowest BCUT2D eigenvalue weighted by Crippen LogP contribution is -2.51. The van der Waals surface area contributed by atoms with Crippen molar-refractivity contribution in [3.05, 3.63) is 47.7 Å². The summed E-state index contributed by atoms with van der Waals surface area (Å²) >= 11 is 0. The molecule has 0 aliphatic carbocycles. The minimum Gasteiger partial charge on any atom is -0.480 e. The van der Waals surface area contributed by atoms with Crippen molar-refractivity contribution in [1.29, 1.82) is 0 Å². The van der Waals surface area contributed by atoms with Gasteiger partial charge >= 0.3 is 12.0 Å². The van der Waals surface area contributed by atoms with Gasteiger partial charge in [-0.15, -0.1) is 12.8 Å². The fourth-order valence-corrected chi connectivity index (χ4v) is 2.53. The molecular weight excluding hydrogens is 432 g/mol. The van der Waals surface area contributed by atoms with Gasteiger partial charge in [0.05, 0.1) is 25.3 Å². The van der Waals surface area contributed by atoms with Crippen LogP contribution in [0.2, 0.25) is 0 Å². The van der Waals surface area contributed by atoms with Crippen molar-refractivity contribution in [3.63, 3.8) is 0 Å². The second-order valence-electron chi connectivity index (χ2n) is 6.74. The molecule has 0 fully saturated rings. The van der Waals surface area contributed by atoms with E-state index in [9.17, 15) is 14.7 Å². The molecule has 12 nitrogen and oxygen atoms in total. The molecule has 0 aliphatic heterocycles. The number of nitrogens with zero attached hydrogens (tertiary/aromatic N) is 2. The third-order valence-electron chi connectivity index (χ3n) is 4.24. The Labute approximate surface area is 190 Å². The Morgan fingerprint density at radius 1 is 1.30 bits per heavy atom. The smallest absolute Gasteiger partial charge is 0.328 e. The van der Waals surface area contributed by atoms with Gasteiger partial charge in [0.15, 0.2) is 11.9 Å². The van der Waals surface area contributed by atoms with E-state index in [1.807, 2.05) is 12.3 Å². The first kappa shape index (κ1) is 27.1. The van der Waals surface area contributed by atoms with E-state index in [0.717, 1.165) is 0 Å². The number of benzene rings is 1. The Kier molecular flexibility index (Phi) is 11.1. The summed E-state index contributed by atoms with van der Waals surface area (Å²) in [6.07, 6.45) is 8.77. The number of aliphatic hydroxyl groups excluding tert-OH is 2. The van der Waals surface area contributed by atoms with Crippen LogP contribution in [0.3, 0.4) is 0 Å². The van der Waals surface area contributed by atoms with E-state index in [-0.39, 0.29) is 24.9 Å².